The maximum absolute atomic E-state index is 12.9. The summed E-state index contributed by atoms with van der Waals surface area (Å²) in [4.78, 5) is 21.9. The fraction of sp³-hybridized carbons (Fsp3) is 0. The van der Waals surface area contributed by atoms with Crippen molar-refractivity contribution in [1.82, 2.24) is 0 Å². The van der Waals surface area contributed by atoms with Gasteiger partial charge < -0.3 is 5.32 Å². The summed E-state index contributed by atoms with van der Waals surface area (Å²) in [6.45, 7) is 0. The first-order valence-corrected chi connectivity index (χ1v) is 6.17. The summed E-state index contributed by atoms with van der Waals surface area (Å²) in [5, 5.41) is 12.7. The highest BCUT2D eigenvalue weighted by Crippen LogP contribution is 2.25. The van der Waals surface area contributed by atoms with E-state index in [1.165, 1.54) is 24.3 Å². The number of nitrogens with zero attached hydrogens (tertiary/aromatic N) is 1. The SMILES string of the molecule is O=C(Nc1ccc(F)c(Cl)c1)c1ccc([N+](=O)[O-])s1. The molecule has 1 aromatic carbocycles. The van der Waals surface area contributed by atoms with Crippen molar-refractivity contribution in [2.75, 3.05) is 5.32 Å². The number of amides is 1. The molecule has 0 aliphatic rings. The summed E-state index contributed by atoms with van der Waals surface area (Å²) in [6.07, 6.45) is 0. The van der Waals surface area contributed by atoms with Gasteiger partial charge in [-0.3, -0.25) is 14.9 Å². The fourth-order valence-electron chi connectivity index (χ4n) is 1.31. The van der Waals surface area contributed by atoms with Crippen LogP contribution in [0, 0.1) is 15.9 Å². The first-order chi connectivity index (χ1) is 8.97. The number of nitrogens with one attached hydrogen (secondary N) is 1. The number of thiophene rings is 1. The highest BCUT2D eigenvalue weighted by molar-refractivity contribution is 7.17. The van der Waals surface area contributed by atoms with Gasteiger partial charge in [0.2, 0.25) is 0 Å². The van der Waals surface area contributed by atoms with Crippen molar-refractivity contribution in [3.05, 3.63) is 56.2 Å². The Kier molecular flexibility index (Phi) is 3.77. The van der Waals surface area contributed by atoms with E-state index in [1.807, 2.05) is 0 Å². The van der Waals surface area contributed by atoms with Crippen molar-refractivity contribution >= 4 is 39.5 Å². The van der Waals surface area contributed by atoms with E-state index in [2.05, 4.69) is 5.32 Å². The number of carbonyl (C=O) groups excluding carboxylic acids is 1. The topological polar surface area (TPSA) is 72.2 Å². The van der Waals surface area contributed by atoms with Gasteiger partial charge in [-0.05, 0) is 24.3 Å². The van der Waals surface area contributed by atoms with Gasteiger partial charge in [-0.15, -0.1) is 0 Å². The number of hydrogen-bond acceptors (Lipinski definition) is 4. The second kappa shape index (κ2) is 5.33. The fourth-order valence-corrected chi connectivity index (χ4v) is 2.21. The molecule has 0 radical (unpaired) electrons. The van der Waals surface area contributed by atoms with Crippen LogP contribution in [-0.4, -0.2) is 10.8 Å². The van der Waals surface area contributed by atoms with Gasteiger partial charge in [-0.1, -0.05) is 22.9 Å². The first-order valence-electron chi connectivity index (χ1n) is 4.98. The van der Waals surface area contributed by atoms with Crippen molar-refractivity contribution < 1.29 is 14.1 Å². The van der Waals surface area contributed by atoms with Crippen LogP contribution in [0.25, 0.3) is 0 Å². The monoisotopic (exact) mass is 300 g/mol. The van der Waals surface area contributed by atoms with E-state index in [-0.39, 0.29) is 14.9 Å². The highest BCUT2D eigenvalue weighted by atomic mass is 35.5. The number of rotatable bonds is 3. The molecule has 0 atom stereocenters. The van der Waals surface area contributed by atoms with Crippen LogP contribution in [0.5, 0.6) is 0 Å². The van der Waals surface area contributed by atoms with Gasteiger partial charge in [0, 0.05) is 11.8 Å². The maximum Gasteiger partial charge on any atom is 0.324 e. The summed E-state index contributed by atoms with van der Waals surface area (Å²) < 4.78 is 12.9. The minimum Gasteiger partial charge on any atom is -0.321 e. The molecule has 98 valence electrons. The molecule has 0 fully saturated rings. The van der Waals surface area contributed by atoms with Crippen LogP contribution in [0.4, 0.5) is 15.1 Å². The maximum atomic E-state index is 12.9. The van der Waals surface area contributed by atoms with Gasteiger partial charge in [-0.25, -0.2) is 4.39 Å². The van der Waals surface area contributed by atoms with Gasteiger partial charge in [-0.2, -0.15) is 0 Å². The van der Waals surface area contributed by atoms with Crippen LogP contribution in [0.3, 0.4) is 0 Å². The van der Waals surface area contributed by atoms with Crippen molar-refractivity contribution in [1.29, 1.82) is 0 Å². The quantitative estimate of drug-likeness (QED) is 0.694. The van der Waals surface area contributed by atoms with Crippen molar-refractivity contribution in [3.63, 3.8) is 0 Å². The lowest BCUT2D eigenvalue weighted by molar-refractivity contribution is -0.380. The molecule has 5 nitrogen and oxygen atoms in total. The molecule has 1 N–H and O–H groups in total. The Morgan fingerprint density at radius 1 is 1.37 bits per heavy atom. The molecule has 0 aliphatic carbocycles. The molecule has 0 aliphatic heterocycles. The van der Waals surface area contributed by atoms with Gasteiger partial charge >= 0.3 is 5.00 Å². The molecular weight excluding hydrogens is 295 g/mol. The zero-order chi connectivity index (χ0) is 14.0. The van der Waals surface area contributed by atoms with E-state index in [0.717, 1.165) is 17.4 Å². The molecule has 1 aromatic heterocycles. The molecule has 0 spiro atoms. The summed E-state index contributed by atoms with van der Waals surface area (Å²) in [6, 6.07) is 6.33. The second-order valence-electron chi connectivity index (χ2n) is 3.48. The number of halogens is 2. The molecule has 2 aromatic rings. The molecule has 8 heteroatoms. The third kappa shape index (κ3) is 3.07. The Morgan fingerprint density at radius 2 is 2.11 bits per heavy atom. The summed E-state index contributed by atoms with van der Waals surface area (Å²) in [5.41, 5.74) is 0.312. The lowest BCUT2D eigenvalue weighted by Gasteiger charge is -2.03. The largest absolute Gasteiger partial charge is 0.324 e. The number of benzene rings is 1. The van der Waals surface area contributed by atoms with Crippen LogP contribution < -0.4 is 5.32 Å². The summed E-state index contributed by atoms with van der Waals surface area (Å²) >= 11 is 6.33. The number of carbonyl (C=O) groups is 1. The third-order valence-corrected chi connectivity index (χ3v) is 3.50. The molecule has 19 heavy (non-hydrogen) atoms. The van der Waals surface area contributed by atoms with Crippen molar-refractivity contribution in [2.45, 2.75) is 0 Å². The average Bonchev–Trinajstić information content (AvgIpc) is 2.83. The normalized spacial score (nSPS) is 10.2. The van der Waals surface area contributed by atoms with Gasteiger partial charge in [0.1, 0.15) is 5.82 Å². The van der Waals surface area contributed by atoms with Crippen LogP contribution in [0.15, 0.2) is 30.3 Å². The number of nitro groups is 1. The molecular formula is C11H6ClFN2O3S. The van der Waals surface area contributed by atoms with Gasteiger partial charge in [0.25, 0.3) is 5.91 Å². The van der Waals surface area contributed by atoms with Crippen LogP contribution >= 0.6 is 22.9 Å². The molecule has 2 rings (SSSR count). The Morgan fingerprint density at radius 3 is 2.68 bits per heavy atom. The average molecular weight is 301 g/mol. The van der Waals surface area contributed by atoms with E-state index in [0.29, 0.717) is 5.69 Å². The van der Waals surface area contributed by atoms with E-state index in [9.17, 15) is 19.3 Å². The van der Waals surface area contributed by atoms with Crippen LogP contribution in [0.1, 0.15) is 9.67 Å². The van der Waals surface area contributed by atoms with Gasteiger partial charge in [0.05, 0.1) is 14.8 Å². The predicted molar refractivity (Wildman–Crippen MR) is 70.3 cm³/mol. The standard InChI is InChI=1S/C11H6ClFN2O3S/c12-7-5-6(1-2-8(7)13)14-11(16)9-3-4-10(19-9)15(17)18/h1-5H,(H,14,16). The highest BCUT2D eigenvalue weighted by Gasteiger charge is 2.15. The smallest absolute Gasteiger partial charge is 0.321 e. The Hall–Kier alpha value is -1.99. The molecule has 0 bridgehead atoms. The first kappa shape index (κ1) is 13.4. The Bertz CT molecular complexity index is 659. The Labute approximate surface area is 115 Å². The van der Waals surface area contributed by atoms with Crippen molar-refractivity contribution in [3.8, 4) is 0 Å². The van der Waals surface area contributed by atoms with Gasteiger partial charge in [0.15, 0.2) is 0 Å². The van der Waals surface area contributed by atoms with E-state index >= 15 is 0 Å². The lowest BCUT2D eigenvalue weighted by atomic mass is 10.3. The van der Waals surface area contributed by atoms with Crippen LogP contribution in [0.2, 0.25) is 5.02 Å². The minimum atomic E-state index is -0.591. The zero-order valence-corrected chi connectivity index (χ0v) is 10.8. The zero-order valence-electron chi connectivity index (χ0n) is 9.22. The molecule has 0 unspecified atom stereocenters. The molecule has 0 saturated heterocycles. The predicted octanol–water partition coefficient (Wildman–Crippen LogP) is 3.70. The molecule has 1 amide bonds. The van der Waals surface area contributed by atoms with E-state index in [4.69, 9.17) is 11.6 Å². The minimum absolute atomic E-state index is 0.116. The number of hydrogen-bond donors (Lipinski definition) is 1. The van der Waals surface area contributed by atoms with E-state index in [1.54, 1.807) is 0 Å². The summed E-state index contributed by atoms with van der Waals surface area (Å²) in [7, 11) is 0. The number of anilines is 1. The lowest BCUT2D eigenvalue weighted by Crippen LogP contribution is -2.10. The molecule has 1 heterocycles. The second-order valence-corrected chi connectivity index (χ2v) is 4.95. The van der Waals surface area contributed by atoms with Crippen LogP contribution in [-0.2, 0) is 0 Å². The van der Waals surface area contributed by atoms with Crippen molar-refractivity contribution in [2.24, 2.45) is 0 Å². The Balaban J connectivity index is 2.15. The third-order valence-electron chi connectivity index (χ3n) is 2.17. The molecule has 0 saturated carbocycles. The summed E-state index contributed by atoms with van der Waals surface area (Å²) in [5.74, 6) is -1.10. The van der Waals surface area contributed by atoms with E-state index < -0.39 is 16.6 Å².